The lowest BCUT2D eigenvalue weighted by molar-refractivity contribution is 0.400. The van der Waals surface area contributed by atoms with Gasteiger partial charge in [-0.3, -0.25) is 4.40 Å². The molecule has 2 aliphatic rings. The lowest BCUT2D eigenvalue weighted by atomic mass is 9.85. The molecule has 7 heteroatoms. The molecule has 0 unspecified atom stereocenters. The van der Waals surface area contributed by atoms with Gasteiger partial charge in [-0.1, -0.05) is 30.2 Å². The smallest absolute Gasteiger partial charge is 0.150 e. The summed E-state index contributed by atoms with van der Waals surface area (Å²) in [6, 6.07) is 8.41. The summed E-state index contributed by atoms with van der Waals surface area (Å²) in [6.45, 7) is 0.829. The highest BCUT2D eigenvalue weighted by atomic mass is 35.5. The van der Waals surface area contributed by atoms with Crippen LogP contribution < -0.4 is 10.6 Å². The van der Waals surface area contributed by atoms with E-state index >= 15 is 0 Å². The Balaban J connectivity index is 1.58. The number of anilines is 3. The number of thiophene rings is 1. The molecular formula is C23H20ClN5S. The highest BCUT2D eigenvalue weighted by Crippen LogP contribution is 2.44. The minimum Gasteiger partial charge on any atom is -0.382 e. The first kappa shape index (κ1) is 18.0. The van der Waals surface area contributed by atoms with Crippen molar-refractivity contribution >= 4 is 51.0 Å². The van der Waals surface area contributed by atoms with Gasteiger partial charge in [-0.05, 0) is 48.1 Å². The normalized spacial score (nSPS) is 16.1. The number of hydrogen-bond donors (Lipinski definition) is 1. The number of benzene rings is 1. The van der Waals surface area contributed by atoms with Crippen molar-refractivity contribution in [2.24, 2.45) is 0 Å². The second kappa shape index (κ2) is 6.86. The average molecular weight is 434 g/mol. The third kappa shape index (κ3) is 2.67. The zero-order valence-corrected chi connectivity index (χ0v) is 17.8. The van der Waals surface area contributed by atoms with Gasteiger partial charge in [0.2, 0.25) is 0 Å². The van der Waals surface area contributed by atoms with E-state index in [9.17, 15) is 0 Å². The Labute approximate surface area is 183 Å². The molecule has 0 amide bonds. The molecule has 0 spiro atoms. The van der Waals surface area contributed by atoms with Crippen molar-refractivity contribution in [2.45, 2.75) is 25.2 Å². The van der Waals surface area contributed by atoms with E-state index in [0.29, 0.717) is 16.8 Å². The number of fused-ring (bicyclic) bond motifs is 2. The summed E-state index contributed by atoms with van der Waals surface area (Å²) in [5, 5.41) is 3.99. The highest BCUT2D eigenvalue weighted by molar-refractivity contribution is 7.14. The van der Waals surface area contributed by atoms with E-state index in [2.05, 4.69) is 50.0 Å². The molecule has 1 aliphatic heterocycles. The molecule has 4 aromatic rings. The number of nitrogen functional groups attached to an aromatic ring is 1. The van der Waals surface area contributed by atoms with Crippen LogP contribution in [0.3, 0.4) is 0 Å². The number of nitrogens with two attached hydrogens (primary N) is 1. The Morgan fingerprint density at radius 2 is 2.13 bits per heavy atom. The van der Waals surface area contributed by atoms with Crippen molar-refractivity contribution in [3.8, 4) is 11.3 Å². The summed E-state index contributed by atoms with van der Waals surface area (Å²) in [5.74, 6) is 2.01. The number of nitrogens with zero attached hydrogens (tertiary/aromatic N) is 4. The minimum absolute atomic E-state index is 0.468. The van der Waals surface area contributed by atoms with Crippen LogP contribution in [0.5, 0.6) is 0 Å². The Morgan fingerprint density at radius 1 is 1.23 bits per heavy atom. The van der Waals surface area contributed by atoms with E-state index < -0.39 is 0 Å². The van der Waals surface area contributed by atoms with Gasteiger partial charge in [0.25, 0.3) is 0 Å². The number of hydrogen-bond acceptors (Lipinski definition) is 5. The summed E-state index contributed by atoms with van der Waals surface area (Å²) in [7, 11) is 0. The van der Waals surface area contributed by atoms with E-state index in [0.717, 1.165) is 53.2 Å². The maximum Gasteiger partial charge on any atom is 0.150 e. The van der Waals surface area contributed by atoms with E-state index in [4.69, 9.17) is 22.3 Å². The number of imidazole rings is 1. The topological polar surface area (TPSA) is 59.4 Å². The van der Waals surface area contributed by atoms with Crippen molar-refractivity contribution in [1.29, 1.82) is 0 Å². The molecule has 150 valence electrons. The van der Waals surface area contributed by atoms with E-state index in [1.54, 1.807) is 17.5 Å². The molecule has 1 saturated carbocycles. The third-order valence-corrected chi connectivity index (χ3v) is 7.30. The quantitative estimate of drug-likeness (QED) is 0.422. The number of rotatable bonds is 3. The predicted molar refractivity (Wildman–Crippen MR) is 125 cm³/mol. The lowest BCUT2D eigenvalue weighted by Gasteiger charge is -2.27. The summed E-state index contributed by atoms with van der Waals surface area (Å²) in [4.78, 5) is 11.7. The second-order valence-electron chi connectivity index (χ2n) is 7.83. The number of aromatic nitrogens is 3. The van der Waals surface area contributed by atoms with Gasteiger partial charge in [0.05, 0.1) is 15.7 Å². The van der Waals surface area contributed by atoms with Crippen molar-refractivity contribution < 1.29 is 0 Å². The molecular weight excluding hydrogens is 414 g/mol. The molecule has 0 radical (unpaired) electrons. The Hall–Kier alpha value is -2.83. The zero-order chi connectivity index (χ0) is 20.2. The number of halogens is 1. The van der Waals surface area contributed by atoms with Crippen LogP contribution in [-0.2, 0) is 0 Å². The Bertz CT molecular complexity index is 1290. The van der Waals surface area contributed by atoms with Crippen LogP contribution in [0.1, 0.15) is 36.6 Å². The summed E-state index contributed by atoms with van der Waals surface area (Å²) < 4.78 is 2.11. The van der Waals surface area contributed by atoms with Crippen LogP contribution in [0.2, 0.25) is 5.02 Å². The van der Waals surface area contributed by atoms with Gasteiger partial charge in [0.15, 0.2) is 0 Å². The first-order valence-electron chi connectivity index (χ1n) is 10.1. The van der Waals surface area contributed by atoms with Gasteiger partial charge in [0, 0.05) is 30.4 Å². The largest absolute Gasteiger partial charge is 0.382 e. The molecule has 0 bridgehead atoms. The lowest BCUT2D eigenvalue weighted by Crippen LogP contribution is -2.19. The maximum atomic E-state index is 6.80. The summed E-state index contributed by atoms with van der Waals surface area (Å²) in [6.07, 6.45) is 11.6. The average Bonchev–Trinajstić information content (AvgIpc) is 3.35. The molecule has 1 aromatic carbocycles. The predicted octanol–water partition coefficient (Wildman–Crippen LogP) is 6.13. The fourth-order valence-electron chi connectivity index (χ4n) is 4.37. The van der Waals surface area contributed by atoms with Crippen LogP contribution in [0.15, 0.2) is 48.1 Å². The van der Waals surface area contributed by atoms with Crippen LogP contribution in [0.25, 0.3) is 22.9 Å². The fourth-order valence-corrected chi connectivity index (χ4v) is 5.39. The van der Waals surface area contributed by atoms with E-state index in [1.165, 1.54) is 11.4 Å². The van der Waals surface area contributed by atoms with Gasteiger partial charge in [-0.2, -0.15) is 0 Å². The minimum atomic E-state index is 0.468. The fraction of sp³-hybridized carbons (Fsp3) is 0.217. The molecule has 2 N–H and O–H groups in total. The first-order valence-corrected chi connectivity index (χ1v) is 11.4. The van der Waals surface area contributed by atoms with Gasteiger partial charge < -0.3 is 10.6 Å². The first-order chi connectivity index (χ1) is 14.7. The zero-order valence-electron chi connectivity index (χ0n) is 16.3. The van der Waals surface area contributed by atoms with E-state index in [1.807, 2.05) is 12.3 Å². The molecule has 30 heavy (non-hydrogen) atoms. The molecule has 0 saturated heterocycles. The molecule has 6 rings (SSSR count). The van der Waals surface area contributed by atoms with Crippen molar-refractivity contribution in [1.82, 2.24) is 14.4 Å². The van der Waals surface area contributed by atoms with Crippen LogP contribution >= 0.6 is 22.9 Å². The highest BCUT2D eigenvalue weighted by Gasteiger charge is 2.28. The molecule has 0 atom stereocenters. The monoisotopic (exact) mass is 433 g/mol. The van der Waals surface area contributed by atoms with Crippen molar-refractivity contribution in [3.05, 3.63) is 64.5 Å². The maximum absolute atomic E-state index is 6.80. The van der Waals surface area contributed by atoms with Gasteiger partial charge >= 0.3 is 0 Å². The molecule has 3 aromatic heterocycles. The standard InChI is InChI=1S/C23H20ClN5S/c24-17-12-15-6-2-9-28(19-7-3-11-30-19)18(15)13-16(17)20-21-22(25)26-8-10-29(21)23(27-20)14-4-1-5-14/h2-3,6-8,10-14H,1,4-5,9H2,(H2,25,26). The SMILES string of the molecule is Nc1nccn2c(C3CCC3)nc(-c3cc4c(cc3Cl)C=CCN4c3cccs3)c12. The summed E-state index contributed by atoms with van der Waals surface area (Å²) in [5.41, 5.74) is 11.1. The Morgan fingerprint density at radius 3 is 2.90 bits per heavy atom. The van der Waals surface area contributed by atoms with Gasteiger partial charge in [-0.25, -0.2) is 9.97 Å². The Kier molecular flexibility index (Phi) is 4.11. The van der Waals surface area contributed by atoms with Crippen LogP contribution in [0, 0.1) is 0 Å². The van der Waals surface area contributed by atoms with Crippen LogP contribution in [0.4, 0.5) is 16.5 Å². The third-order valence-electron chi connectivity index (χ3n) is 6.10. The molecule has 4 heterocycles. The second-order valence-corrected chi connectivity index (χ2v) is 9.17. The summed E-state index contributed by atoms with van der Waals surface area (Å²) >= 11 is 8.53. The molecule has 5 nitrogen and oxygen atoms in total. The van der Waals surface area contributed by atoms with Crippen LogP contribution in [-0.4, -0.2) is 20.9 Å². The van der Waals surface area contributed by atoms with Gasteiger partial charge in [-0.15, -0.1) is 11.3 Å². The van der Waals surface area contributed by atoms with Crippen molar-refractivity contribution in [2.75, 3.05) is 17.2 Å². The van der Waals surface area contributed by atoms with Crippen molar-refractivity contribution in [3.63, 3.8) is 0 Å². The van der Waals surface area contributed by atoms with E-state index in [-0.39, 0.29) is 0 Å². The molecule has 1 aliphatic carbocycles. The molecule has 1 fully saturated rings. The van der Waals surface area contributed by atoms with Gasteiger partial charge in [0.1, 0.15) is 22.9 Å².